The Morgan fingerprint density at radius 3 is 2.76 bits per heavy atom. The number of hydrogen-bond donors (Lipinski definition) is 0. The number of ether oxygens (including phenoxy) is 2. The summed E-state index contributed by atoms with van der Waals surface area (Å²) in [5.41, 5.74) is 1.14. The topological polar surface area (TPSA) is 67.8 Å². The van der Waals surface area contributed by atoms with Crippen molar-refractivity contribution in [2.75, 3.05) is 37.7 Å². The molecule has 2 atom stereocenters. The van der Waals surface area contributed by atoms with Gasteiger partial charge in [-0.1, -0.05) is 6.07 Å². The van der Waals surface area contributed by atoms with Gasteiger partial charge in [-0.3, -0.25) is 9.78 Å². The van der Waals surface area contributed by atoms with E-state index in [2.05, 4.69) is 31.9 Å². The molecule has 3 aliphatic heterocycles. The number of rotatable bonds is 3. The van der Waals surface area contributed by atoms with E-state index in [0.717, 1.165) is 61.7 Å². The van der Waals surface area contributed by atoms with Gasteiger partial charge in [0.1, 0.15) is 19.0 Å². The number of anilines is 1. The average Bonchev–Trinajstić information content (AvgIpc) is 3.29. The van der Waals surface area contributed by atoms with Crippen molar-refractivity contribution in [1.29, 1.82) is 0 Å². The largest absolute Gasteiger partial charge is 0.486 e. The molecule has 29 heavy (non-hydrogen) atoms. The van der Waals surface area contributed by atoms with Crippen LogP contribution in [0.15, 0.2) is 36.8 Å². The van der Waals surface area contributed by atoms with Crippen LogP contribution in [-0.2, 0) is 4.79 Å². The molecular formula is C22H26N4O3. The smallest absolute Gasteiger partial charge is 0.227 e. The highest BCUT2D eigenvalue weighted by molar-refractivity contribution is 5.80. The van der Waals surface area contributed by atoms with Gasteiger partial charge in [-0.05, 0) is 43.4 Å². The molecule has 2 aromatic rings. The molecule has 2 fully saturated rings. The van der Waals surface area contributed by atoms with E-state index >= 15 is 0 Å². The number of aromatic nitrogens is 2. The molecule has 152 valence electrons. The molecule has 0 bridgehead atoms. The molecule has 1 aromatic carbocycles. The predicted octanol–water partition coefficient (Wildman–Crippen LogP) is 2.83. The highest BCUT2D eigenvalue weighted by Crippen LogP contribution is 2.39. The molecule has 3 aliphatic rings. The zero-order valence-electron chi connectivity index (χ0n) is 16.5. The fraction of sp³-hybridized carbons (Fsp3) is 0.500. The Bertz CT molecular complexity index is 876. The summed E-state index contributed by atoms with van der Waals surface area (Å²) in [6.45, 7) is 3.62. The first-order chi connectivity index (χ1) is 14.3. The van der Waals surface area contributed by atoms with Gasteiger partial charge in [-0.15, -0.1) is 0 Å². The van der Waals surface area contributed by atoms with Crippen LogP contribution in [0.3, 0.4) is 0 Å². The van der Waals surface area contributed by atoms with Crippen molar-refractivity contribution in [1.82, 2.24) is 14.9 Å². The summed E-state index contributed by atoms with van der Waals surface area (Å²) in [6.07, 6.45) is 9.12. The second kappa shape index (κ2) is 7.89. The fourth-order valence-electron chi connectivity index (χ4n) is 4.72. The Balaban J connectivity index is 1.32. The first kappa shape index (κ1) is 18.2. The Kier molecular flexibility index (Phi) is 4.96. The van der Waals surface area contributed by atoms with Crippen molar-refractivity contribution >= 4 is 11.7 Å². The number of hydrogen-bond acceptors (Lipinski definition) is 6. The first-order valence-electron chi connectivity index (χ1n) is 10.5. The third kappa shape index (κ3) is 3.61. The van der Waals surface area contributed by atoms with Gasteiger partial charge in [0.15, 0.2) is 11.5 Å². The van der Waals surface area contributed by atoms with Crippen LogP contribution >= 0.6 is 0 Å². The predicted molar refractivity (Wildman–Crippen MR) is 108 cm³/mol. The van der Waals surface area contributed by atoms with Gasteiger partial charge < -0.3 is 19.3 Å². The lowest BCUT2D eigenvalue weighted by molar-refractivity contribution is -0.136. The van der Waals surface area contributed by atoms with Gasteiger partial charge >= 0.3 is 0 Å². The minimum absolute atomic E-state index is 0.00330. The van der Waals surface area contributed by atoms with E-state index < -0.39 is 0 Å². The second-order valence-corrected chi connectivity index (χ2v) is 7.94. The number of fused-ring (bicyclic) bond motifs is 1. The molecule has 0 aliphatic carbocycles. The van der Waals surface area contributed by atoms with Crippen LogP contribution in [0, 0.1) is 5.92 Å². The standard InChI is InChI=1S/C22H26N4O3/c27-22(17-3-1-9-25(15-17)21-14-23-7-8-24-21)26-10-2-4-18(26)16-5-6-19-20(13-16)29-12-11-28-19/h5-8,13-14,17-18H,1-4,9-12,15H2/t17-,18-/m0/s1. The van der Waals surface area contributed by atoms with Gasteiger partial charge in [0.2, 0.25) is 5.91 Å². The van der Waals surface area contributed by atoms with E-state index in [0.29, 0.717) is 19.8 Å². The quantitative estimate of drug-likeness (QED) is 0.798. The molecule has 0 saturated carbocycles. The molecule has 5 rings (SSSR count). The third-order valence-electron chi connectivity index (χ3n) is 6.13. The molecule has 7 heteroatoms. The van der Waals surface area contributed by atoms with Crippen LogP contribution < -0.4 is 14.4 Å². The van der Waals surface area contributed by atoms with Crippen molar-refractivity contribution in [2.24, 2.45) is 5.92 Å². The van der Waals surface area contributed by atoms with Gasteiger partial charge in [0.25, 0.3) is 0 Å². The summed E-state index contributed by atoms with van der Waals surface area (Å²) < 4.78 is 11.4. The highest BCUT2D eigenvalue weighted by atomic mass is 16.6. The molecule has 1 amide bonds. The lowest BCUT2D eigenvalue weighted by Gasteiger charge is -2.36. The van der Waals surface area contributed by atoms with Gasteiger partial charge in [-0.2, -0.15) is 0 Å². The Hall–Kier alpha value is -2.83. The average molecular weight is 394 g/mol. The minimum Gasteiger partial charge on any atom is -0.486 e. The molecular weight excluding hydrogens is 368 g/mol. The molecule has 1 aromatic heterocycles. The summed E-state index contributed by atoms with van der Waals surface area (Å²) in [7, 11) is 0. The summed E-state index contributed by atoms with van der Waals surface area (Å²) >= 11 is 0. The van der Waals surface area contributed by atoms with Crippen molar-refractivity contribution < 1.29 is 14.3 Å². The van der Waals surface area contributed by atoms with Gasteiger partial charge in [0.05, 0.1) is 18.2 Å². The first-order valence-corrected chi connectivity index (χ1v) is 10.5. The number of amides is 1. The number of nitrogens with zero attached hydrogens (tertiary/aromatic N) is 4. The number of carbonyl (C=O) groups is 1. The molecule has 0 radical (unpaired) electrons. The van der Waals surface area contributed by atoms with Crippen LogP contribution in [0.1, 0.15) is 37.3 Å². The zero-order chi connectivity index (χ0) is 19.6. The van der Waals surface area contributed by atoms with E-state index in [-0.39, 0.29) is 17.9 Å². The van der Waals surface area contributed by atoms with Crippen LogP contribution in [0.5, 0.6) is 11.5 Å². The van der Waals surface area contributed by atoms with Crippen molar-refractivity contribution in [3.8, 4) is 11.5 Å². The maximum absolute atomic E-state index is 13.5. The fourth-order valence-corrected chi connectivity index (χ4v) is 4.72. The second-order valence-electron chi connectivity index (χ2n) is 7.94. The summed E-state index contributed by atoms with van der Waals surface area (Å²) in [4.78, 5) is 26.3. The van der Waals surface area contributed by atoms with Crippen LogP contribution in [0.4, 0.5) is 5.82 Å². The molecule has 7 nitrogen and oxygen atoms in total. The van der Waals surface area contributed by atoms with E-state index in [1.807, 2.05) is 6.07 Å². The van der Waals surface area contributed by atoms with E-state index in [9.17, 15) is 4.79 Å². The maximum Gasteiger partial charge on any atom is 0.227 e. The molecule has 2 saturated heterocycles. The van der Waals surface area contributed by atoms with E-state index in [1.165, 1.54) is 0 Å². The van der Waals surface area contributed by atoms with Crippen LogP contribution in [0.25, 0.3) is 0 Å². The van der Waals surface area contributed by atoms with Crippen LogP contribution in [0.2, 0.25) is 0 Å². The SMILES string of the molecule is O=C([C@H]1CCCN(c2cnccn2)C1)N1CCC[C@H]1c1ccc2c(c1)OCCO2. The zero-order valence-corrected chi connectivity index (χ0v) is 16.5. The summed E-state index contributed by atoms with van der Waals surface area (Å²) in [5.74, 6) is 2.71. The highest BCUT2D eigenvalue weighted by Gasteiger charge is 2.36. The van der Waals surface area contributed by atoms with Crippen LogP contribution in [-0.4, -0.2) is 53.6 Å². The lowest BCUT2D eigenvalue weighted by atomic mass is 9.95. The minimum atomic E-state index is 0.00330. The molecule has 0 spiro atoms. The Morgan fingerprint density at radius 2 is 1.90 bits per heavy atom. The number of carbonyl (C=O) groups excluding carboxylic acids is 1. The Labute approximate surface area is 170 Å². The monoisotopic (exact) mass is 394 g/mol. The van der Waals surface area contributed by atoms with E-state index in [4.69, 9.17) is 9.47 Å². The summed E-state index contributed by atoms with van der Waals surface area (Å²) in [5, 5.41) is 0. The lowest BCUT2D eigenvalue weighted by Crippen LogP contribution is -2.45. The normalized spacial score (nSPS) is 23.9. The van der Waals surface area contributed by atoms with E-state index in [1.54, 1.807) is 18.6 Å². The van der Waals surface area contributed by atoms with Gasteiger partial charge in [-0.25, -0.2) is 4.98 Å². The maximum atomic E-state index is 13.5. The number of benzene rings is 1. The number of likely N-dealkylation sites (tertiary alicyclic amines) is 1. The molecule has 0 unspecified atom stereocenters. The number of piperidine rings is 1. The third-order valence-corrected chi connectivity index (χ3v) is 6.13. The Morgan fingerprint density at radius 1 is 1.03 bits per heavy atom. The molecule has 4 heterocycles. The molecule has 0 N–H and O–H groups in total. The van der Waals surface area contributed by atoms with Crippen molar-refractivity contribution in [3.05, 3.63) is 42.4 Å². The van der Waals surface area contributed by atoms with Crippen molar-refractivity contribution in [3.63, 3.8) is 0 Å². The van der Waals surface area contributed by atoms with Gasteiger partial charge in [0, 0.05) is 32.0 Å². The van der Waals surface area contributed by atoms with Crippen molar-refractivity contribution in [2.45, 2.75) is 31.7 Å². The summed E-state index contributed by atoms with van der Waals surface area (Å²) in [6, 6.07) is 6.22.